The lowest BCUT2D eigenvalue weighted by Gasteiger charge is -2.21. The van der Waals surface area contributed by atoms with E-state index in [2.05, 4.69) is 10.2 Å². The van der Waals surface area contributed by atoms with Crippen LogP contribution in [0.5, 0.6) is 0 Å². The first-order valence-electron chi connectivity index (χ1n) is 7.91. The predicted octanol–water partition coefficient (Wildman–Crippen LogP) is 3.14. The minimum absolute atomic E-state index is 0.0328. The van der Waals surface area contributed by atoms with Gasteiger partial charge in [-0.25, -0.2) is 6.57 Å². The molecular formula is C16H26N2O2. The molecule has 2 aliphatic carbocycles. The maximum absolute atomic E-state index is 12.1. The second-order valence-corrected chi connectivity index (χ2v) is 6.52. The fourth-order valence-corrected chi connectivity index (χ4v) is 3.25. The summed E-state index contributed by atoms with van der Waals surface area (Å²) in [6, 6.07) is 0. The third-order valence-electron chi connectivity index (χ3n) is 4.58. The fraction of sp³-hybridized carbons (Fsp3) is 0.875. The lowest BCUT2D eigenvalue weighted by Crippen LogP contribution is -2.49. The molecule has 1 amide bonds. The molecule has 2 aliphatic rings. The molecule has 0 heterocycles. The summed E-state index contributed by atoms with van der Waals surface area (Å²) in [6.45, 7) is 10.1. The molecule has 4 nitrogen and oxygen atoms in total. The molecule has 0 saturated heterocycles. The van der Waals surface area contributed by atoms with Gasteiger partial charge in [-0.15, -0.1) is 0 Å². The predicted molar refractivity (Wildman–Crippen MR) is 77.9 cm³/mol. The average molecular weight is 278 g/mol. The highest BCUT2D eigenvalue weighted by Crippen LogP contribution is 2.26. The quantitative estimate of drug-likeness (QED) is 0.758. The van der Waals surface area contributed by atoms with Crippen LogP contribution in [0.4, 0.5) is 0 Å². The van der Waals surface area contributed by atoms with Crippen molar-refractivity contribution in [3.8, 4) is 0 Å². The molecule has 1 unspecified atom stereocenters. The largest absolute Gasteiger partial charge is 0.370 e. The molecule has 0 aromatic rings. The molecule has 0 bridgehead atoms. The van der Waals surface area contributed by atoms with Crippen molar-refractivity contribution >= 4 is 5.91 Å². The van der Waals surface area contributed by atoms with Gasteiger partial charge in [-0.2, -0.15) is 0 Å². The van der Waals surface area contributed by atoms with Crippen LogP contribution in [-0.4, -0.2) is 24.8 Å². The summed E-state index contributed by atoms with van der Waals surface area (Å²) >= 11 is 0. The second kappa shape index (κ2) is 7.08. The molecule has 4 heteroatoms. The van der Waals surface area contributed by atoms with Crippen LogP contribution in [0.2, 0.25) is 0 Å². The molecule has 20 heavy (non-hydrogen) atoms. The van der Waals surface area contributed by atoms with E-state index < -0.39 is 5.66 Å². The standard InChI is InChI=1S/C16H26N2O2/c1-16(17-2,12-20-11-13-7-3-4-8-13)18-15(19)14-9-5-6-10-14/h13-14H,3-12H2,1H3,(H,18,19). The van der Waals surface area contributed by atoms with Crippen molar-refractivity contribution in [1.82, 2.24) is 5.32 Å². The van der Waals surface area contributed by atoms with Gasteiger partial charge in [0.2, 0.25) is 5.91 Å². The SMILES string of the molecule is [C-]#[N+]C(C)(COCC1CCCC1)NC(=O)C1CCCC1. The lowest BCUT2D eigenvalue weighted by atomic mass is 10.1. The molecular weight excluding hydrogens is 252 g/mol. The van der Waals surface area contributed by atoms with Crippen molar-refractivity contribution in [3.63, 3.8) is 0 Å². The zero-order chi connectivity index (χ0) is 14.4. The van der Waals surface area contributed by atoms with Gasteiger partial charge in [0.15, 0.2) is 0 Å². The molecule has 0 aromatic heterocycles. The molecule has 0 aromatic carbocycles. The fourth-order valence-electron chi connectivity index (χ4n) is 3.25. The van der Waals surface area contributed by atoms with E-state index in [1.54, 1.807) is 6.92 Å². The van der Waals surface area contributed by atoms with Gasteiger partial charge in [-0.3, -0.25) is 15.0 Å². The van der Waals surface area contributed by atoms with Gasteiger partial charge in [0.25, 0.3) is 0 Å². The number of hydrogen-bond donors (Lipinski definition) is 1. The number of rotatable bonds is 6. The van der Waals surface area contributed by atoms with Crippen molar-refractivity contribution < 1.29 is 9.53 Å². The number of ether oxygens (including phenoxy) is 1. The zero-order valence-corrected chi connectivity index (χ0v) is 12.5. The average Bonchev–Trinajstić information content (AvgIpc) is 3.11. The van der Waals surface area contributed by atoms with Crippen molar-refractivity contribution in [3.05, 3.63) is 11.4 Å². The minimum Gasteiger partial charge on any atom is -0.370 e. The van der Waals surface area contributed by atoms with Crippen LogP contribution < -0.4 is 5.32 Å². The van der Waals surface area contributed by atoms with Gasteiger partial charge in [-0.05, 0) is 31.6 Å². The molecule has 112 valence electrons. The number of hydrogen-bond acceptors (Lipinski definition) is 2. The summed E-state index contributed by atoms with van der Waals surface area (Å²) in [5.41, 5.74) is -0.904. The number of carbonyl (C=O) groups is 1. The monoisotopic (exact) mass is 278 g/mol. The summed E-state index contributed by atoms with van der Waals surface area (Å²) in [5.74, 6) is 0.784. The zero-order valence-electron chi connectivity index (χ0n) is 12.5. The lowest BCUT2D eigenvalue weighted by molar-refractivity contribution is -0.126. The first-order valence-corrected chi connectivity index (χ1v) is 7.91. The normalized spacial score (nSPS) is 23.4. The van der Waals surface area contributed by atoms with Crippen molar-refractivity contribution in [2.45, 2.75) is 64.0 Å². The topological polar surface area (TPSA) is 42.7 Å². The third-order valence-corrected chi connectivity index (χ3v) is 4.58. The van der Waals surface area contributed by atoms with Crippen molar-refractivity contribution in [2.75, 3.05) is 13.2 Å². The molecule has 1 N–H and O–H groups in total. The Balaban J connectivity index is 1.75. The summed E-state index contributed by atoms with van der Waals surface area (Å²) in [6.07, 6.45) is 9.26. The summed E-state index contributed by atoms with van der Waals surface area (Å²) in [7, 11) is 0. The van der Waals surface area contributed by atoms with Crippen LogP contribution in [0.15, 0.2) is 0 Å². The highest BCUT2D eigenvalue weighted by Gasteiger charge is 2.36. The van der Waals surface area contributed by atoms with E-state index in [0.29, 0.717) is 12.5 Å². The van der Waals surface area contributed by atoms with Gasteiger partial charge in [0, 0.05) is 19.4 Å². The van der Waals surface area contributed by atoms with E-state index in [-0.39, 0.29) is 11.8 Å². The van der Waals surface area contributed by atoms with E-state index in [1.165, 1.54) is 25.7 Å². The summed E-state index contributed by atoms with van der Waals surface area (Å²) < 4.78 is 5.71. The number of carbonyl (C=O) groups excluding carboxylic acids is 1. The van der Waals surface area contributed by atoms with E-state index in [4.69, 9.17) is 11.3 Å². The molecule has 2 fully saturated rings. The molecule has 2 saturated carbocycles. The smallest absolute Gasteiger partial charge is 0.327 e. The maximum Gasteiger partial charge on any atom is 0.327 e. The summed E-state index contributed by atoms with van der Waals surface area (Å²) in [4.78, 5) is 15.7. The van der Waals surface area contributed by atoms with Crippen LogP contribution >= 0.6 is 0 Å². The molecule has 1 atom stereocenters. The first kappa shape index (κ1) is 15.3. The second-order valence-electron chi connectivity index (χ2n) is 6.52. The van der Waals surface area contributed by atoms with Crippen LogP contribution in [0.1, 0.15) is 58.3 Å². The summed E-state index contributed by atoms with van der Waals surface area (Å²) in [5, 5.41) is 2.89. The van der Waals surface area contributed by atoms with Crippen LogP contribution in [0.3, 0.4) is 0 Å². The Bertz CT molecular complexity index is 365. The van der Waals surface area contributed by atoms with Gasteiger partial charge in [0.1, 0.15) is 6.61 Å². The highest BCUT2D eigenvalue weighted by atomic mass is 16.5. The maximum atomic E-state index is 12.1. The Kier molecular flexibility index (Phi) is 5.42. The van der Waals surface area contributed by atoms with E-state index in [9.17, 15) is 4.79 Å². The van der Waals surface area contributed by atoms with E-state index in [1.807, 2.05) is 0 Å². The first-order chi connectivity index (χ1) is 9.63. The Morgan fingerprint density at radius 2 is 1.85 bits per heavy atom. The van der Waals surface area contributed by atoms with Gasteiger partial charge in [0.05, 0.1) is 0 Å². The number of nitrogens with one attached hydrogen (secondary N) is 1. The van der Waals surface area contributed by atoms with Crippen molar-refractivity contribution in [1.29, 1.82) is 0 Å². The number of nitrogens with zero attached hydrogens (tertiary/aromatic N) is 1. The molecule has 0 spiro atoms. The van der Waals surface area contributed by atoms with Gasteiger partial charge < -0.3 is 4.74 Å². The van der Waals surface area contributed by atoms with Crippen LogP contribution in [0, 0.1) is 18.4 Å². The Morgan fingerprint density at radius 1 is 1.25 bits per heavy atom. The van der Waals surface area contributed by atoms with Gasteiger partial charge in [-0.1, -0.05) is 25.7 Å². The van der Waals surface area contributed by atoms with Crippen LogP contribution in [-0.2, 0) is 9.53 Å². The third kappa shape index (κ3) is 4.21. The molecule has 0 radical (unpaired) electrons. The van der Waals surface area contributed by atoms with Crippen molar-refractivity contribution in [2.24, 2.45) is 11.8 Å². The highest BCUT2D eigenvalue weighted by molar-refractivity contribution is 5.79. The minimum atomic E-state index is -0.904. The Labute approximate surface area is 122 Å². The molecule has 0 aliphatic heterocycles. The van der Waals surface area contributed by atoms with E-state index >= 15 is 0 Å². The van der Waals surface area contributed by atoms with Gasteiger partial charge >= 0.3 is 5.66 Å². The number of amides is 1. The van der Waals surface area contributed by atoms with E-state index in [0.717, 1.165) is 32.3 Å². The Hall–Kier alpha value is -1.08. The van der Waals surface area contributed by atoms with Crippen LogP contribution in [0.25, 0.3) is 4.85 Å². The Morgan fingerprint density at radius 3 is 2.45 bits per heavy atom. The molecule has 2 rings (SSSR count).